The van der Waals surface area contributed by atoms with Gasteiger partial charge in [-0.1, -0.05) is 24.7 Å². The minimum absolute atomic E-state index is 0.193. The van der Waals surface area contributed by atoms with Gasteiger partial charge in [0.15, 0.2) is 10.7 Å². The number of nitrogens with zero attached hydrogens (tertiary/aromatic N) is 3. The monoisotopic (exact) mass is 567 g/mol. The molecule has 10 nitrogen and oxygen atoms in total. The minimum Gasteiger partial charge on any atom is -0.497 e. The van der Waals surface area contributed by atoms with Crippen molar-refractivity contribution < 1.29 is 28.2 Å². The van der Waals surface area contributed by atoms with E-state index in [0.717, 1.165) is 25.4 Å². The molecule has 1 fully saturated rings. The van der Waals surface area contributed by atoms with Crippen LogP contribution >= 0.6 is 11.3 Å². The molecule has 5 rings (SSSR count). The summed E-state index contributed by atoms with van der Waals surface area (Å²) in [4.78, 5) is 34.9. The number of hydrogen-bond donors (Lipinski definition) is 0. The smallest absolute Gasteiger partial charge is 0.338 e. The number of allylic oxidation sites excluding steroid dienone is 1. The first-order chi connectivity index (χ1) is 19.5. The van der Waals surface area contributed by atoms with Crippen LogP contribution in [0.15, 0.2) is 55.8 Å². The topological polar surface area (TPSA) is 105 Å². The van der Waals surface area contributed by atoms with Crippen LogP contribution in [0.2, 0.25) is 0 Å². The zero-order valence-corrected chi connectivity index (χ0v) is 23.9. The average Bonchev–Trinajstić information content (AvgIpc) is 3.57. The molecule has 0 amide bonds. The summed E-state index contributed by atoms with van der Waals surface area (Å²) >= 11 is 1.26. The molecule has 2 aromatic heterocycles. The van der Waals surface area contributed by atoms with Gasteiger partial charge in [-0.05, 0) is 37.6 Å². The lowest BCUT2D eigenvalue weighted by atomic mass is 9.93. The molecule has 2 aliphatic heterocycles. The Morgan fingerprint density at radius 3 is 2.65 bits per heavy atom. The molecule has 0 saturated carbocycles. The van der Waals surface area contributed by atoms with E-state index in [1.807, 2.05) is 19.1 Å². The maximum absolute atomic E-state index is 14.0. The number of rotatable bonds is 9. The van der Waals surface area contributed by atoms with Crippen LogP contribution in [0, 0.1) is 0 Å². The van der Waals surface area contributed by atoms with E-state index in [-0.39, 0.29) is 12.2 Å². The van der Waals surface area contributed by atoms with Gasteiger partial charge in [0.2, 0.25) is 0 Å². The van der Waals surface area contributed by atoms with Crippen molar-refractivity contribution in [1.82, 2.24) is 4.57 Å². The van der Waals surface area contributed by atoms with Crippen LogP contribution in [-0.2, 0) is 14.3 Å². The van der Waals surface area contributed by atoms with Crippen molar-refractivity contribution in [2.24, 2.45) is 4.99 Å². The fraction of sp³-hybridized carbons (Fsp3) is 0.414. The molecule has 0 spiro atoms. The fourth-order valence-electron chi connectivity index (χ4n) is 4.97. The molecule has 0 bridgehead atoms. The minimum atomic E-state index is -0.815. The molecular weight excluding hydrogens is 534 g/mol. The van der Waals surface area contributed by atoms with Crippen molar-refractivity contribution in [3.05, 3.63) is 72.6 Å². The summed E-state index contributed by atoms with van der Waals surface area (Å²) in [6, 6.07) is 8.26. The lowest BCUT2D eigenvalue weighted by Crippen LogP contribution is -2.40. The highest BCUT2D eigenvalue weighted by molar-refractivity contribution is 7.07. The van der Waals surface area contributed by atoms with Gasteiger partial charge in [-0.2, -0.15) is 0 Å². The van der Waals surface area contributed by atoms with E-state index < -0.39 is 12.0 Å². The van der Waals surface area contributed by atoms with E-state index in [2.05, 4.69) is 4.90 Å². The Bertz CT molecular complexity index is 1590. The van der Waals surface area contributed by atoms with Crippen molar-refractivity contribution in [3.8, 4) is 11.5 Å². The first-order valence-corrected chi connectivity index (χ1v) is 14.2. The van der Waals surface area contributed by atoms with Gasteiger partial charge in [0.25, 0.3) is 5.56 Å². The second-order valence-electron chi connectivity index (χ2n) is 9.30. The van der Waals surface area contributed by atoms with E-state index in [0.29, 0.717) is 63.1 Å². The van der Waals surface area contributed by atoms with Crippen LogP contribution in [0.25, 0.3) is 6.08 Å². The number of thiazole rings is 1. The molecule has 1 saturated heterocycles. The van der Waals surface area contributed by atoms with Gasteiger partial charge < -0.3 is 28.3 Å². The fourth-order valence-corrected chi connectivity index (χ4v) is 5.97. The number of morpholine rings is 1. The van der Waals surface area contributed by atoms with Crippen LogP contribution in [0.5, 0.6) is 11.5 Å². The van der Waals surface area contributed by atoms with Crippen molar-refractivity contribution >= 4 is 29.3 Å². The number of fused-ring (bicyclic) bond motifs is 1. The molecule has 11 heteroatoms. The second-order valence-corrected chi connectivity index (χ2v) is 10.3. The number of carbonyl (C=O) groups excluding carboxylic acids is 1. The van der Waals surface area contributed by atoms with Gasteiger partial charge >= 0.3 is 5.97 Å². The lowest BCUT2D eigenvalue weighted by Gasteiger charge is -2.27. The highest BCUT2D eigenvalue weighted by Crippen LogP contribution is 2.38. The SMILES string of the molecule is CCCC1=C(C(=O)OCC)[C@@H](c2cc(OC)ccc2OC)n2c(s/c(=C\c3ccc(N4CCOCC4)o3)c2=O)=N1. The Labute approximate surface area is 235 Å². The Hall–Kier alpha value is -3.83. The third-order valence-corrected chi connectivity index (χ3v) is 7.82. The summed E-state index contributed by atoms with van der Waals surface area (Å²) < 4.78 is 30.1. The molecule has 4 heterocycles. The zero-order chi connectivity index (χ0) is 28.2. The van der Waals surface area contributed by atoms with Crippen LogP contribution in [0.3, 0.4) is 0 Å². The van der Waals surface area contributed by atoms with Crippen LogP contribution in [0.4, 0.5) is 5.88 Å². The summed E-state index contributed by atoms with van der Waals surface area (Å²) in [5.74, 6) is 1.86. The predicted octanol–water partition coefficient (Wildman–Crippen LogP) is 3.03. The Morgan fingerprint density at radius 2 is 1.95 bits per heavy atom. The predicted molar refractivity (Wildman–Crippen MR) is 151 cm³/mol. The maximum atomic E-state index is 14.0. The summed E-state index contributed by atoms with van der Waals surface area (Å²) in [6.07, 6.45) is 3.03. The number of esters is 1. The molecular formula is C29H33N3O7S. The Morgan fingerprint density at radius 1 is 1.15 bits per heavy atom. The standard InChI is InChI=1S/C29H33N3O7S/c1-5-7-21-25(28(34)38-6-2)26(20-16-18(35-3)8-10-22(20)36-4)32-27(33)23(40-29(32)30-21)17-19-9-11-24(39-19)31-12-14-37-15-13-31/h8-11,16-17,26H,5-7,12-15H2,1-4H3/b23-17-/t26-/m1/s1. The van der Waals surface area contributed by atoms with Gasteiger partial charge in [-0.3, -0.25) is 9.36 Å². The number of furan rings is 1. The molecule has 3 aromatic rings. The third kappa shape index (κ3) is 5.31. The van der Waals surface area contributed by atoms with Gasteiger partial charge in [-0.15, -0.1) is 0 Å². The number of methoxy groups -OCH3 is 2. The molecule has 0 N–H and O–H groups in total. The van der Waals surface area contributed by atoms with E-state index in [4.69, 9.17) is 28.4 Å². The number of hydrogen-bond acceptors (Lipinski definition) is 10. The van der Waals surface area contributed by atoms with Crippen molar-refractivity contribution in [2.75, 3.05) is 52.0 Å². The largest absolute Gasteiger partial charge is 0.497 e. The van der Waals surface area contributed by atoms with Crippen LogP contribution in [-0.4, -0.2) is 57.7 Å². The molecule has 212 valence electrons. The Kier molecular flexibility index (Phi) is 8.41. The molecule has 1 aromatic carbocycles. The molecule has 1 atom stereocenters. The van der Waals surface area contributed by atoms with Crippen LogP contribution < -0.4 is 29.3 Å². The summed E-state index contributed by atoms with van der Waals surface area (Å²) in [6.45, 7) is 6.74. The number of benzene rings is 1. The number of aromatic nitrogens is 1. The maximum Gasteiger partial charge on any atom is 0.338 e. The zero-order valence-electron chi connectivity index (χ0n) is 23.1. The summed E-state index contributed by atoms with van der Waals surface area (Å²) in [5.41, 5.74) is 1.23. The number of carbonyl (C=O) groups is 1. The molecule has 0 aliphatic carbocycles. The van der Waals surface area contributed by atoms with Gasteiger partial charge in [0.1, 0.15) is 23.3 Å². The van der Waals surface area contributed by atoms with E-state index in [9.17, 15) is 9.59 Å². The van der Waals surface area contributed by atoms with Crippen molar-refractivity contribution in [2.45, 2.75) is 32.7 Å². The van der Waals surface area contributed by atoms with E-state index >= 15 is 0 Å². The van der Waals surface area contributed by atoms with E-state index in [1.54, 1.807) is 50.0 Å². The first-order valence-electron chi connectivity index (χ1n) is 13.3. The number of anilines is 1. The lowest BCUT2D eigenvalue weighted by molar-refractivity contribution is -0.139. The van der Waals surface area contributed by atoms with Gasteiger partial charge in [0.05, 0.1) is 49.8 Å². The quantitative estimate of drug-likeness (QED) is 0.364. The number of ether oxygens (including phenoxy) is 4. The average molecular weight is 568 g/mol. The molecule has 0 unspecified atom stereocenters. The summed E-state index contributed by atoms with van der Waals surface area (Å²) in [7, 11) is 3.12. The highest BCUT2D eigenvalue weighted by Gasteiger charge is 2.36. The molecule has 0 radical (unpaired) electrons. The van der Waals surface area contributed by atoms with Crippen LogP contribution in [0.1, 0.15) is 44.1 Å². The van der Waals surface area contributed by atoms with Gasteiger partial charge in [-0.25, -0.2) is 9.79 Å². The normalized spacial score (nSPS) is 17.4. The van der Waals surface area contributed by atoms with Gasteiger partial charge in [0, 0.05) is 30.8 Å². The molecule has 40 heavy (non-hydrogen) atoms. The summed E-state index contributed by atoms with van der Waals surface area (Å²) in [5, 5.41) is 0. The van der Waals surface area contributed by atoms with E-state index in [1.165, 1.54) is 11.3 Å². The third-order valence-electron chi connectivity index (χ3n) is 6.83. The first kappa shape index (κ1) is 27.7. The second kappa shape index (κ2) is 12.1. The molecule has 2 aliphatic rings. The Balaban J connectivity index is 1.70. The van der Waals surface area contributed by atoms with Crippen molar-refractivity contribution in [1.29, 1.82) is 0 Å². The van der Waals surface area contributed by atoms with Crippen molar-refractivity contribution in [3.63, 3.8) is 0 Å². The highest BCUT2D eigenvalue weighted by atomic mass is 32.1.